The van der Waals surface area contributed by atoms with Crippen molar-refractivity contribution in [3.8, 4) is 0 Å². The van der Waals surface area contributed by atoms with Crippen molar-refractivity contribution in [2.45, 2.75) is 122 Å². The van der Waals surface area contributed by atoms with Crippen molar-refractivity contribution in [2.75, 3.05) is 13.1 Å². The number of rotatable bonds is 11. The van der Waals surface area contributed by atoms with Crippen molar-refractivity contribution < 1.29 is 20.1 Å². The van der Waals surface area contributed by atoms with E-state index in [9.17, 15) is 20.1 Å². The summed E-state index contributed by atoms with van der Waals surface area (Å²) in [5.41, 5.74) is 5.56. The molecule has 4 saturated carbocycles. The molecule has 6 nitrogen and oxygen atoms in total. The molecule has 4 rings (SSSR count). The molecule has 0 heterocycles. The Kier molecular flexibility index (Phi) is 9.25. The molecule has 0 aromatic heterocycles. The van der Waals surface area contributed by atoms with E-state index < -0.39 is 0 Å². The van der Waals surface area contributed by atoms with Crippen LogP contribution in [-0.2, 0) is 4.79 Å². The number of carbonyl (C=O) groups is 1. The lowest BCUT2D eigenvalue weighted by Gasteiger charge is -2.63. The molecule has 0 radical (unpaired) electrons. The molecule has 0 spiro atoms. The van der Waals surface area contributed by atoms with Gasteiger partial charge in [-0.15, -0.1) is 0 Å². The second-order valence-electron chi connectivity index (χ2n) is 13.6. The Bertz CT molecular complexity index is 736. The maximum atomic E-state index is 11.7. The third-order valence-corrected chi connectivity index (χ3v) is 11.9. The van der Waals surface area contributed by atoms with E-state index in [0.29, 0.717) is 36.1 Å². The molecule has 4 aliphatic carbocycles. The average molecular weight is 507 g/mol. The molecule has 12 atom stereocenters. The van der Waals surface area contributed by atoms with Gasteiger partial charge in [-0.05, 0) is 130 Å². The highest BCUT2D eigenvalue weighted by Gasteiger charge is 2.65. The van der Waals surface area contributed by atoms with E-state index in [4.69, 9.17) is 5.73 Å². The highest BCUT2D eigenvalue weighted by Crippen LogP contribution is 2.68. The largest absolute Gasteiger partial charge is 0.393 e. The molecule has 0 aromatic carbocycles. The van der Waals surface area contributed by atoms with Crippen molar-refractivity contribution in [2.24, 2.45) is 52.1 Å². The van der Waals surface area contributed by atoms with Gasteiger partial charge in [0.25, 0.3) is 0 Å². The Balaban J connectivity index is 1.38. The molecule has 0 bridgehead atoms. The number of nitrogens with two attached hydrogens (primary N) is 1. The number of hydrogen-bond acceptors (Lipinski definition) is 6. The van der Waals surface area contributed by atoms with E-state index in [1.807, 2.05) is 0 Å². The van der Waals surface area contributed by atoms with Gasteiger partial charge in [0, 0.05) is 0 Å². The summed E-state index contributed by atoms with van der Waals surface area (Å²) in [6.07, 6.45) is 11.6. The smallest absolute Gasteiger partial charge is 0.136 e. The topological polar surface area (TPSA) is 116 Å². The van der Waals surface area contributed by atoms with Crippen LogP contribution < -0.4 is 11.1 Å². The van der Waals surface area contributed by atoms with Gasteiger partial charge in [-0.2, -0.15) is 0 Å². The molecular formula is C30H54N2O4. The van der Waals surface area contributed by atoms with Crippen molar-refractivity contribution in [3.05, 3.63) is 0 Å². The molecule has 0 aliphatic heterocycles. The Hall–Kier alpha value is -0.530. The van der Waals surface area contributed by atoms with Gasteiger partial charge in [0.15, 0.2) is 0 Å². The van der Waals surface area contributed by atoms with Crippen LogP contribution in [0, 0.1) is 46.3 Å². The van der Waals surface area contributed by atoms with Crippen molar-refractivity contribution in [3.63, 3.8) is 0 Å². The summed E-state index contributed by atoms with van der Waals surface area (Å²) in [5.74, 6) is 2.34. The van der Waals surface area contributed by atoms with Crippen LogP contribution >= 0.6 is 0 Å². The molecule has 6 heteroatoms. The third-order valence-electron chi connectivity index (χ3n) is 11.9. The minimum Gasteiger partial charge on any atom is -0.393 e. The minimum absolute atomic E-state index is 0.0729. The van der Waals surface area contributed by atoms with Gasteiger partial charge in [-0.1, -0.05) is 27.2 Å². The van der Waals surface area contributed by atoms with Crippen molar-refractivity contribution in [1.29, 1.82) is 0 Å². The Labute approximate surface area is 219 Å². The summed E-state index contributed by atoms with van der Waals surface area (Å²) in [7, 11) is 0. The maximum Gasteiger partial charge on any atom is 0.136 e. The standard InChI is InChI=1S/C30H54N2O4/c1-19(7-6-14-32-21(18-33)8-4-5-13-31)23-9-10-24-28-25(17-27(36)30(23,24)3)29(2)12-11-22(34)15-20(29)16-26(28)35/h18-28,32,34-36H,4-17,31H2,1-3H3/t19-,20+,21?,22-,23-,24+,25+,26-,27+,28+,29+,30-/m1/s1. The summed E-state index contributed by atoms with van der Waals surface area (Å²) in [4.78, 5) is 11.4. The fourth-order valence-electron chi connectivity index (χ4n) is 9.77. The minimum atomic E-state index is -0.326. The second kappa shape index (κ2) is 11.7. The van der Waals surface area contributed by atoms with Gasteiger partial charge in [-0.3, -0.25) is 0 Å². The lowest BCUT2D eigenvalue weighted by molar-refractivity contribution is -0.207. The first-order valence-electron chi connectivity index (χ1n) is 15.1. The van der Waals surface area contributed by atoms with Crippen LogP contribution in [0.3, 0.4) is 0 Å². The Morgan fingerprint density at radius 3 is 2.50 bits per heavy atom. The van der Waals surface area contributed by atoms with Gasteiger partial charge in [0.1, 0.15) is 6.29 Å². The second-order valence-corrected chi connectivity index (χ2v) is 13.6. The zero-order valence-electron chi connectivity index (χ0n) is 23.1. The molecule has 6 N–H and O–H groups in total. The number of nitrogens with one attached hydrogen (secondary N) is 1. The zero-order valence-corrected chi connectivity index (χ0v) is 23.1. The number of aldehydes is 1. The summed E-state index contributed by atoms with van der Waals surface area (Å²) in [5, 5.41) is 36.9. The quantitative estimate of drug-likeness (QED) is 0.216. The van der Waals surface area contributed by atoms with E-state index in [1.165, 1.54) is 0 Å². The molecular weight excluding hydrogens is 452 g/mol. The van der Waals surface area contributed by atoms with Gasteiger partial charge in [0.05, 0.1) is 24.4 Å². The van der Waals surface area contributed by atoms with Crippen molar-refractivity contribution in [1.82, 2.24) is 5.32 Å². The highest BCUT2D eigenvalue weighted by atomic mass is 16.3. The summed E-state index contributed by atoms with van der Waals surface area (Å²) in [6.45, 7) is 8.61. The number of hydrogen-bond donors (Lipinski definition) is 5. The third kappa shape index (κ3) is 5.19. The summed E-state index contributed by atoms with van der Waals surface area (Å²) >= 11 is 0. The molecule has 1 unspecified atom stereocenters. The molecule has 208 valence electrons. The Morgan fingerprint density at radius 1 is 1.00 bits per heavy atom. The fourth-order valence-corrected chi connectivity index (χ4v) is 9.77. The average Bonchev–Trinajstić information content (AvgIpc) is 3.21. The van der Waals surface area contributed by atoms with Crippen molar-refractivity contribution >= 4 is 6.29 Å². The van der Waals surface area contributed by atoms with E-state index in [2.05, 4.69) is 26.1 Å². The first kappa shape index (κ1) is 28.5. The van der Waals surface area contributed by atoms with Crippen LogP contribution in [0.15, 0.2) is 0 Å². The van der Waals surface area contributed by atoms with E-state index in [1.54, 1.807) is 0 Å². The number of unbranched alkanes of at least 4 members (excludes halogenated alkanes) is 1. The summed E-state index contributed by atoms with van der Waals surface area (Å²) < 4.78 is 0. The van der Waals surface area contributed by atoms with E-state index in [0.717, 1.165) is 89.9 Å². The predicted octanol–water partition coefficient (Wildman–Crippen LogP) is 3.65. The van der Waals surface area contributed by atoms with Crippen LogP contribution in [0.1, 0.15) is 97.8 Å². The molecule has 0 amide bonds. The first-order valence-corrected chi connectivity index (χ1v) is 15.1. The van der Waals surface area contributed by atoms with Gasteiger partial charge < -0.3 is 31.2 Å². The lowest BCUT2D eigenvalue weighted by atomic mass is 9.43. The van der Waals surface area contributed by atoms with Crippen LogP contribution in [0.4, 0.5) is 0 Å². The molecule has 4 fully saturated rings. The number of fused-ring (bicyclic) bond motifs is 5. The molecule has 0 saturated heterocycles. The number of aliphatic hydroxyl groups excluding tert-OH is 3. The van der Waals surface area contributed by atoms with Crippen LogP contribution in [0.25, 0.3) is 0 Å². The predicted molar refractivity (Wildman–Crippen MR) is 143 cm³/mol. The fraction of sp³-hybridized carbons (Fsp3) is 0.967. The number of aliphatic hydroxyl groups is 3. The monoisotopic (exact) mass is 506 g/mol. The normalized spacial score (nSPS) is 45.9. The zero-order chi connectivity index (χ0) is 26.1. The van der Waals surface area contributed by atoms with E-state index in [-0.39, 0.29) is 41.1 Å². The first-order chi connectivity index (χ1) is 17.2. The highest BCUT2D eigenvalue weighted by molar-refractivity contribution is 5.57. The van der Waals surface area contributed by atoms with Gasteiger partial charge in [0.2, 0.25) is 0 Å². The molecule has 4 aliphatic rings. The molecule has 0 aromatic rings. The van der Waals surface area contributed by atoms with Crippen LogP contribution in [-0.4, -0.2) is 59.0 Å². The van der Waals surface area contributed by atoms with Crippen LogP contribution in [0.2, 0.25) is 0 Å². The van der Waals surface area contributed by atoms with Gasteiger partial charge >= 0.3 is 0 Å². The molecule has 36 heavy (non-hydrogen) atoms. The van der Waals surface area contributed by atoms with Crippen LogP contribution in [0.5, 0.6) is 0 Å². The maximum absolute atomic E-state index is 11.7. The lowest BCUT2D eigenvalue weighted by Crippen LogP contribution is -2.62. The van der Waals surface area contributed by atoms with Gasteiger partial charge in [-0.25, -0.2) is 0 Å². The Morgan fingerprint density at radius 2 is 1.78 bits per heavy atom. The van der Waals surface area contributed by atoms with E-state index >= 15 is 0 Å². The number of carbonyl (C=O) groups excluding carboxylic acids is 1. The SMILES string of the molecule is C[C@H](CCCNC(C=O)CCCCN)[C@H]1CC[C@H]2[C@@H]3[C@H](O)C[C@@H]4C[C@H](O)CC[C@]4(C)[C@H]3C[C@H](O)[C@]12C. The summed E-state index contributed by atoms with van der Waals surface area (Å²) in [6, 6.07) is -0.0729.